The summed E-state index contributed by atoms with van der Waals surface area (Å²) in [7, 11) is -3.64. The lowest BCUT2D eigenvalue weighted by Crippen LogP contribution is -2.47. The van der Waals surface area contributed by atoms with Crippen molar-refractivity contribution in [2.24, 2.45) is 0 Å². The molecular weight excluding hydrogens is 459 g/mol. The molecule has 1 saturated heterocycles. The van der Waals surface area contributed by atoms with E-state index in [1.807, 2.05) is 0 Å². The molecule has 1 aliphatic heterocycles. The molecule has 2 fully saturated rings. The summed E-state index contributed by atoms with van der Waals surface area (Å²) in [5.74, 6) is -0.0902. The highest BCUT2D eigenvalue weighted by atomic mass is 32.2. The van der Waals surface area contributed by atoms with Gasteiger partial charge in [-0.25, -0.2) is 23.4 Å². The molecule has 0 aromatic carbocycles. The van der Waals surface area contributed by atoms with E-state index in [1.54, 1.807) is 18.7 Å². The monoisotopic (exact) mass is 485 g/mol. The van der Waals surface area contributed by atoms with Crippen molar-refractivity contribution in [3.63, 3.8) is 0 Å². The second kappa shape index (κ2) is 8.39. The second-order valence-corrected chi connectivity index (χ2v) is 11.4. The first kappa shape index (κ1) is 23.7. The van der Waals surface area contributed by atoms with Gasteiger partial charge in [0.1, 0.15) is 10.6 Å². The molecule has 2 aromatic rings. The lowest BCUT2D eigenvalue weighted by molar-refractivity contribution is -0.137. The summed E-state index contributed by atoms with van der Waals surface area (Å²) in [6.45, 7) is 4.92. The van der Waals surface area contributed by atoms with Gasteiger partial charge in [-0.2, -0.15) is 13.2 Å². The van der Waals surface area contributed by atoms with E-state index in [-0.39, 0.29) is 28.7 Å². The molecule has 2 N–H and O–H groups in total. The number of halogens is 3. The number of hydrogen-bond donors (Lipinski definition) is 1. The van der Waals surface area contributed by atoms with Crippen LogP contribution in [0.25, 0.3) is 11.3 Å². The SMILES string of the molecule is CC(C)S(=O)(=O)C1(c2cc(-c3cnc(N)cc3C(F)(F)F)nc(N3CCOCC3)n2)CCC1. The van der Waals surface area contributed by atoms with Crippen LogP contribution in [0.5, 0.6) is 0 Å². The zero-order valence-electron chi connectivity index (χ0n) is 18.4. The van der Waals surface area contributed by atoms with Crippen LogP contribution in [0.3, 0.4) is 0 Å². The van der Waals surface area contributed by atoms with E-state index in [9.17, 15) is 21.6 Å². The second-order valence-electron chi connectivity index (χ2n) is 8.63. The summed E-state index contributed by atoms with van der Waals surface area (Å²) in [5, 5.41) is -0.660. The molecule has 3 heterocycles. The van der Waals surface area contributed by atoms with Crippen molar-refractivity contribution in [2.45, 2.75) is 49.3 Å². The number of sulfone groups is 1. The normalized spacial score (nSPS) is 18.9. The van der Waals surface area contributed by atoms with Gasteiger partial charge in [-0.15, -0.1) is 0 Å². The fraction of sp³-hybridized carbons (Fsp3) is 0.571. The molecule has 0 radical (unpaired) electrons. The molecule has 0 bridgehead atoms. The summed E-state index contributed by atoms with van der Waals surface area (Å²) < 4.78 is 72.3. The minimum Gasteiger partial charge on any atom is -0.384 e. The molecule has 8 nitrogen and oxygen atoms in total. The fourth-order valence-corrected chi connectivity index (χ4v) is 6.41. The number of alkyl halides is 3. The summed E-state index contributed by atoms with van der Waals surface area (Å²) >= 11 is 0. The summed E-state index contributed by atoms with van der Waals surface area (Å²) in [4.78, 5) is 14.6. The molecule has 0 atom stereocenters. The zero-order chi connectivity index (χ0) is 24.0. The lowest BCUT2D eigenvalue weighted by Gasteiger charge is -2.42. The van der Waals surface area contributed by atoms with Gasteiger partial charge >= 0.3 is 6.18 Å². The average molecular weight is 486 g/mol. The van der Waals surface area contributed by atoms with Crippen LogP contribution in [0, 0.1) is 0 Å². The maximum absolute atomic E-state index is 13.8. The van der Waals surface area contributed by atoms with Crippen LogP contribution >= 0.6 is 0 Å². The van der Waals surface area contributed by atoms with Crippen molar-refractivity contribution in [1.29, 1.82) is 0 Å². The Balaban J connectivity index is 1.95. The topological polar surface area (TPSA) is 111 Å². The van der Waals surface area contributed by atoms with Crippen LogP contribution in [-0.2, 0) is 25.5 Å². The van der Waals surface area contributed by atoms with E-state index in [0.29, 0.717) is 45.6 Å². The molecule has 1 saturated carbocycles. The Morgan fingerprint density at radius 3 is 2.36 bits per heavy atom. The van der Waals surface area contributed by atoms with Crippen molar-refractivity contribution in [1.82, 2.24) is 15.0 Å². The van der Waals surface area contributed by atoms with Crippen LogP contribution in [0.15, 0.2) is 18.3 Å². The predicted molar refractivity (Wildman–Crippen MR) is 117 cm³/mol. The largest absolute Gasteiger partial charge is 0.417 e. The van der Waals surface area contributed by atoms with E-state index >= 15 is 0 Å². The number of nitrogens with two attached hydrogens (primary N) is 1. The summed E-state index contributed by atoms with van der Waals surface area (Å²) in [6, 6.07) is 2.13. The average Bonchev–Trinajstić information content (AvgIpc) is 2.72. The van der Waals surface area contributed by atoms with E-state index in [2.05, 4.69) is 15.0 Å². The van der Waals surface area contributed by atoms with Crippen LogP contribution in [-0.4, -0.2) is 54.9 Å². The summed E-state index contributed by atoms with van der Waals surface area (Å²) in [5.41, 5.74) is 4.45. The third-order valence-electron chi connectivity index (χ3n) is 6.31. The zero-order valence-corrected chi connectivity index (χ0v) is 19.2. The molecule has 33 heavy (non-hydrogen) atoms. The van der Waals surface area contributed by atoms with E-state index in [4.69, 9.17) is 10.5 Å². The Morgan fingerprint density at radius 2 is 1.82 bits per heavy atom. The lowest BCUT2D eigenvalue weighted by atomic mass is 9.81. The van der Waals surface area contributed by atoms with Crippen LogP contribution in [0.1, 0.15) is 44.4 Å². The minimum absolute atomic E-state index is 0.0356. The first-order valence-electron chi connectivity index (χ1n) is 10.7. The van der Waals surface area contributed by atoms with E-state index < -0.39 is 31.6 Å². The van der Waals surface area contributed by atoms with Crippen LogP contribution in [0.4, 0.5) is 24.9 Å². The number of morpholine rings is 1. The van der Waals surface area contributed by atoms with Gasteiger partial charge in [0, 0.05) is 24.8 Å². The van der Waals surface area contributed by atoms with Gasteiger partial charge in [-0.3, -0.25) is 0 Å². The number of hydrogen-bond acceptors (Lipinski definition) is 8. The Bertz CT molecular complexity index is 1140. The number of nitrogen functional groups attached to an aromatic ring is 1. The molecule has 4 rings (SSSR count). The number of rotatable bonds is 5. The third-order valence-corrected chi connectivity index (χ3v) is 9.26. The molecule has 0 unspecified atom stereocenters. The molecule has 0 amide bonds. The highest BCUT2D eigenvalue weighted by Gasteiger charge is 2.53. The van der Waals surface area contributed by atoms with Gasteiger partial charge in [0.25, 0.3) is 0 Å². The Kier molecular flexibility index (Phi) is 6.02. The van der Waals surface area contributed by atoms with E-state index in [0.717, 1.165) is 12.3 Å². The number of ether oxygens (including phenoxy) is 1. The smallest absolute Gasteiger partial charge is 0.384 e. The third kappa shape index (κ3) is 4.14. The van der Waals surface area contributed by atoms with E-state index in [1.165, 1.54) is 6.07 Å². The summed E-state index contributed by atoms with van der Waals surface area (Å²) in [6.07, 6.45) is -2.26. The first-order valence-corrected chi connectivity index (χ1v) is 12.3. The molecule has 0 spiro atoms. The molecule has 180 valence electrons. The number of anilines is 2. The maximum atomic E-state index is 13.8. The predicted octanol–water partition coefficient (Wildman–Crippen LogP) is 3.18. The standard InChI is InChI=1S/C21H26F3N5O3S/c1-13(2)33(30,31)20(4-3-5-20)17-11-16(27-19(28-17)29-6-8-32-9-7-29)14-12-26-18(25)10-15(14)21(22,23)24/h10-13H,3-9H2,1-2H3,(H2,25,26). The minimum atomic E-state index is -4.70. The number of aromatic nitrogens is 3. The maximum Gasteiger partial charge on any atom is 0.417 e. The highest BCUT2D eigenvalue weighted by Crippen LogP contribution is 2.50. The molecule has 2 aliphatic rings. The van der Waals surface area contributed by atoms with Crippen LogP contribution in [0.2, 0.25) is 0 Å². The highest BCUT2D eigenvalue weighted by molar-refractivity contribution is 7.93. The number of nitrogens with zero attached hydrogens (tertiary/aromatic N) is 4. The fourth-order valence-electron chi connectivity index (χ4n) is 4.26. The van der Waals surface area contributed by atoms with Crippen molar-refractivity contribution in [2.75, 3.05) is 36.9 Å². The van der Waals surface area contributed by atoms with Gasteiger partial charge in [0.2, 0.25) is 5.95 Å². The number of pyridine rings is 1. The van der Waals surface area contributed by atoms with Gasteiger partial charge in [-0.1, -0.05) is 0 Å². The van der Waals surface area contributed by atoms with Crippen LogP contribution < -0.4 is 10.6 Å². The molecule has 1 aliphatic carbocycles. The molecular formula is C21H26F3N5O3S. The Morgan fingerprint density at radius 1 is 1.15 bits per heavy atom. The first-order chi connectivity index (χ1) is 15.5. The van der Waals surface area contributed by atoms with Gasteiger partial charge < -0.3 is 15.4 Å². The van der Waals surface area contributed by atoms with Gasteiger partial charge in [0.15, 0.2) is 9.84 Å². The Hall–Kier alpha value is -2.47. The van der Waals surface area contributed by atoms with Gasteiger partial charge in [-0.05, 0) is 45.2 Å². The van der Waals surface area contributed by atoms with Crippen molar-refractivity contribution < 1.29 is 26.3 Å². The van der Waals surface area contributed by atoms with Gasteiger partial charge in [0.05, 0.1) is 35.4 Å². The Labute approximate surface area is 190 Å². The molecule has 12 heteroatoms. The van der Waals surface area contributed by atoms with Crippen molar-refractivity contribution in [3.8, 4) is 11.3 Å². The van der Waals surface area contributed by atoms with Crippen molar-refractivity contribution in [3.05, 3.63) is 29.6 Å². The van der Waals surface area contributed by atoms with Crippen molar-refractivity contribution >= 4 is 21.6 Å². The quantitative estimate of drug-likeness (QED) is 0.688. The molecule has 2 aromatic heterocycles.